The molecule has 0 aromatic heterocycles. The van der Waals surface area contributed by atoms with E-state index >= 15 is 0 Å². The van der Waals surface area contributed by atoms with Gasteiger partial charge in [0.1, 0.15) is 0 Å². The van der Waals surface area contributed by atoms with E-state index in [9.17, 15) is 0 Å². The van der Waals surface area contributed by atoms with Crippen LogP contribution >= 0.6 is 0 Å². The summed E-state index contributed by atoms with van der Waals surface area (Å²) in [6.45, 7) is 27.9. The number of allylic oxidation sites excluding steroid dienone is 7. The zero-order valence-corrected chi connectivity index (χ0v) is 61.5. The minimum absolute atomic E-state index is 0. The van der Waals surface area contributed by atoms with E-state index in [0.717, 1.165) is 118 Å². The van der Waals surface area contributed by atoms with Crippen molar-refractivity contribution in [3.63, 3.8) is 0 Å². The maximum atomic E-state index is 3.97. The first-order chi connectivity index (χ1) is 43.7. The summed E-state index contributed by atoms with van der Waals surface area (Å²) in [4.78, 5) is 0. The molecule has 10 rings (SSSR count). The van der Waals surface area contributed by atoms with Gasteiger partial charge in [-0.1, -0.05) is 218 Å². The molecule has 0 unspecified atom stereocenters. The van der Waals surface area contributed by atoms with Crippen LogP contribution in [0.1, 0.15) is 397 Å². The molecule has 0 N–H and O–H groups in total. The lowest BCUT2D eigenvalue weighted by Gasteiger charge is -2.37. The van der Waals surface area contributed by atoms with Crippen LogP contribution in [0.3, 0.4) is 0 Å². The van der Waals surface area contributed by atoms with Crippen molar-refractivity contribution in [2.45, 2.75) is 382 Å². The van der Waals surface area contributed by atoms with Gasteiger partial charge in [0, 0.05) is 14.3 Å². The smallest absolute Gasteiger partial charge is 0 e. The van der Waals surface area contributed by atoms with E-state index in [0.29, 0.717) is 0 Å². The van der Waals surface area contributed by atoms with Gasteiger partial charge >= 0.3 is 0 Å². The Morgan fingerprint density at radius 3 is 0.663 bits per heavy atom. The molecule has 0 spiro atoms. The summed E-state index contributed by atoms with van der Waals surface area (Å²) in [5, 5.41) is 0. The summed E-state index contributed by atoms with van der Waals surface area (Å²) in [5.74, 6) is 20.4. The van der Waals surface area contributed by atoms with Crippen LogP contribution < -0.4 is 0 Å². The summed E-state index contributed by atoms with van der Waals surface area (Å²) in [7, 11) is 0. The molecule has 10 fully saturated rings. The van der Waals surface area contributed by atoms with Crippen LogP contribution in [0.15, 0.2) is 62.3 Å². The fourth-order valence-electron chi connectivity index (χ4n) is 21.6. The maximum Gasteiger partial charge on any atom is 0 e. The van der Waals surface area contributed by atoms with Crippen molar-refractivity contribution in [2.75, 3.05) is 0 Å². The monoisotopic (exact) mass is 1250 g/mol. The fourth-order valence-corrected chi connectivity index (χ4v) is 21.6. The molecule has 89 heavy (non-hydrogen) atoms. The van der Waals surface area contributed by atoms with Gasteiger partial charge in [-0.05, 0) is 325 Å². The normalized spacial score (nSPS) is 38.0. The predicted molar refractivity (Wildman–Crippen MR) is 420 cm³/mol. The Morgan fingerprint density at radius 1 is 0.236 bits per heavy atom. The molecular formula is C89H178. The van der Waals surface area contributed by atoms with Gasteiger partial charge in [0.25, 0.3) is 0 Å². The van der Waals surface area contributed by atoms with Crippen LogP contribution in [0.4, 0.5) is 0 Å². The van der Waals surface area contributed by atoms with Crippen molar-refractivity contribution in [1.82, 2.24) is 0 Å². The molecule has 10 aliphatic rings. The lowest BCUT2D eigenvalue weighted by molar-refractivity contribution is 0.151. The van der Waals surface area contributed by atoms with Gasteiger partial charge in [-0.25, -0.2) is 0 Å². The third kappa shape index (κ3) is 28.5. The Bertz CT molecular complexity index is 1800. The van der Waals surface area contributed by atoms with Gasteiger partial charge in [0.15, 0.2) is 0 Å². The highest BCUT2D eigenvalue weighted by Crippen LogP contribution is 2.48. The molecule has 0 aliphatic heterocycles. The third-order valence-electron chi connectivity index (χ3n) is 28.0. The van der Waals surface area contributed by atoms with Crippen molar-refractivity contribution in [3.8, 4) is 0 Å². The van der Waals surface area contributed by atoms with Crippen LogP contribution in [0, 0.1) is 118 Å². The molecule has 0 amide bonds. The first kappa shape index (κ1) is 76.7. The first-order valence-corrected chi connectivity index (χ1v) is 41.8. The van der Waals surface area contributed by atoms with E-state index in [2.05, 4.69) is 111 Å². The van der Waals surface area contributed by atoms with Crippen molar-refractivity contribution in [3.05, 3.63) is 62.3 Å². The first-order valence-electron chi connectivity index (χ1n) is 41.8. The molecule has 534 valence electrons. The summed E-state index contributed by atoms with van der Waals surface area (Å²) >= 11 is 0. The maximum absolute atomic E-state index is 3.97. The average Bonchev–Trinajstić information content (AvgIpc) is 0.898. The van der Waals surface area contributed by atoms with Crippen LogP contribution in [0.25, 0.3) is 0 Å². The molecule has 0 atom stereocenters. The zero-order valence-electron chi connectivity index (χ0n) is 61.5. The largest absolute Gasteiger partial charge is 0.103 e. The van der Waals surface area contributed by atoms with Gasteiger partial charge in [-0.15, -0.1) is 19.7 Å². The summed E-state index contributed by atoms with van der Waals surface area (Å²) in [6, 6.07) is 0. The van der Waals surface area contributed by atoms with Crippen LogP contribution in [-0.2, 0) is 0 Å². The fraction of sp³-hybridized carbons (Fsp3) is 0.888. The van der Waals surface area contributed by atoms with Crippen LogP contribution in [0.5, 0.6) is 0 Å². The minimum atomic E-state index is 0. The molecule has 0 heteroatoms. The van der Waals surface area contributed by atoms with Crippen LogP contribution in [0.2, 0.25) is 0 Å². The number of rotatable bonds is 22. The van der Waals surface area contributed by atoms with E-state index in [1.54, 1.807) is 25.7 Å². The van der Waals surface area contributed by atoms with Crippen LogP contribution in [-0.4, -0.2) is 0 Å². The van der Waals surface area contributed by atoms with Gasteiger partial charge in [0.05, 0.1) is 0 Å². The molecule has 0 bridgehead atoms. The number of hydrogen-bond acceptors (Lipinski definition) is 0. The van der Waals surface area contributed by atoms with Gasteiger partial charge < -0.3 is 0 Å². The standard InChI is InChI=1S/C19H34.2C18H32.2C17H30.10H2/c1-3-5-6-7-17-10-14-19(15-11-17)18-12-8-16(4-2)9-13-18;1-3-5-6-16-9-13-18(14-10-16)17-11-7-15(4-2)8-12-17;1-3-5-15-7-11-17(12-8-15)18-13-9-16(6-4-2)10-14-18;2*1-3-5-15-8-12-17(13-9-15)16-10-6-14(4-2)7-11-16;;;;;;;;;;/h4,16-19H,2-3,5-15H2,1H3;4,15-18H,2-3,5-14H2,1H3;3,5,15-18H,4,6-14H2,1-2H3;3,5,14-17H,4,6-13H2,1-2H3;4,14-17H,2-3,5-13H2,1H3;10*1H/b;;2*5-3+;;;;;;;;;;;. The van der Waals surface area contributed by atoms with E-state index < -0.39 is 0 Å². The number of unbranched alkanes of at least 4 members (excludes halogenated alkanes) is 3. The molecule has 0 aromatic rings. The minimum Gasteiger partial charge on any atom is -0.103 e. The zero-order chi connectivity index (χ0) is 63.3. The highest BCUT2D eigenvalue weighted by Gasteiger charge is 2.35. The number of hydrogen-bond donors (Lipinski definition) is 0. The molecule has 10 aliphatic carbocycles. The van der Waals surface area contributed by atoms with Gasteiger partial charge in [0.2, 0.25) is 0 Å². The molecular weight excluding hydrogens is 1070 g/mol. The highest BCUT2D eigenvalue weighted by atomic mass is 14.4. The van der Waals surface area contributed by atoms with Crippen molar-refractivity contribution in [1.29, 1.82) is 0 Å². The molecule has 0 heterocycles. The van der Waals surface area contributed by atoms with E-state index in [1.165, 1.54) is 308 Å². The molecule has 0 nitrogen and oxygen atoms in total. The second-order valence-corrected chi connectivity index (χ2v) is 33.7. The Balaban J connectivity index is -0.000000363. The van der Waals surface area contributed by atoms with Crippen molar-refractivity contribution in [2.24, 2.45) is 118 Å². The lowest BCUT2D eigenvalue weighted by Crippen LogP contribution is -2.25. The van der Waals surface area contributed by atoms with Crippen molar-refractivity contribution >= 4 is 0 Å². The van der Waals surface area contributed by atoms with E-state index in [4.69, 9.17) is 0 Å². The predicted octanol–water partition coefficient (Wildman–Crippen LogP) is 31.9. The quantitative estimate of drug-likeness (QED) is 0.0749. The Kier molecular flexibility index (Phi) is 39.6. The Hall–Kier alpha value is -1.30. The summed E-state index contributed by atoms with van der Waals surface area (Å²) in [6.07, 6.45) is 93.3. The molecule has 0 radical (unpaired) electrons. The third-order valence-corrected chi connectivity index (χ3v) is 28.0. The average molecular weight is 1250 g/mol. The van der Waals surface area contributed by atoms with E-state index in [1.807, 2.05) is 0 Å². The topological polar surface area (TPSA) is 0 Å². The second-order valence-electron chi connectivity index (χ2n) is 33.7. The van der Waals surface area contributed by atoms with Gasteiger partial charge in [-0.2, -0.15) is 0 Å². The van der Waals surface area contributed by atoms with E-state index in [-0.39, 0.29) is 14.3 Å². The Labute approximate surface area is 574 Å². The SMILES string of the molecule is C/C=C/C1CCC(C2CCC(CC)CC2)CC1.C/C=C/C1CCC(C2CCC(CCC)CC2)CC1.C=CC1CCC(C2CCC(CCC)CC2)CC1.C=CC1CCC(C2CCC(CCCC)CC2)CC1.C=CC1CCC(C2CCC(CCCCC)CC2)CC1.[HH].[HH].[HH].[HH].[HH].[HH].[HH].[HH].[HH].[HH]. The molecule has 0 aromatic carbocycles. The summed E-state index contributed by atoms with van der Waals surface area (Å²) in [5.41, 5.74) is 0. The van der Waals surface area contributed by atoms with Crippen molar-refractivity contribution < 1.29 is 14.3 Å². The summed E-state index contributed by atoms with van der Waals surface area (Å²) < 4.78 is 0. The molecule has 10 saturated carbocycles. The molecule has 0 saturated heterocycles. The Morgan fingerprint density at radius 2 is 0.449 bits per heavy atom. The second kappa shape index (κ2) is 46.0. The lowest BCUT2D eigenvalue weighted by atomic mass is 9.68. The van der Waals surface area contributed by atoms with Gasteiger partial charge in [-0.3, -0.25) is 0 Å². The highest BCUT2D eigenvalue weighted by molar-refractivity contribution is 4.94.